The summed E-state index contributed by atoms with van der Waals surface area (Å²) in [4.78, 5) is 27.8. The fourth-order valence-corrected chi connectivity index (χ4v) is 4.69. The molecule has 1 N–H and O–H groups in total. The summed E-state index contributed by atoms with van der Waals surface area (Å²) >= 11 is 5.37. The summed E-state index contributed by atoms with van der Waals surface area (Å²) in [6, 6.07) is 27.5. The lowest BCUT2D eigenvalue weighted by Gasteiger charge is -2.33. The van der Waals surface area contributed by atoms with Crippen LogP contribution in [-0.4, -0.2) is 26.4 Å². The number of carbonyl (C=O) groups is 2. The Morgan fingerprint density at radius 2 is 1.56 bits per heavy atom. The molecular formula is C28H23N3O2S. The smallest absolute Gasteiger partial charge is 0.266 e. The quantitative estimate of drug-likeness (QED) is 0.254. The molecule has 1 unspecified atom stereocenters. The molecule has 34 heavy (non-hydrogen) atoms. The molecule has 1 aliphatic heterocycles. The number of benzene rings is 3. The summed E-state index contributed by atoms with van der Waals surface area (Å²) in [6.45, 7) is 2.59. The summed E-state index contributed by atoms with van der Waals surface area (Å²) in [5.41, 5.74) is 4.02. The number of para-hydroxylation sites is 1. The zero-order chi connectivity index (χ0) is 23.7. The first-order valence-corrected chi connectivity index (χ1v) is 11.5. The van der Waals surface area contributed by atoms with Gasteiger partial charge in [0.25, 0.3) is 11.8 Å². The fraction of sp³-hybridized carbons (Fsp3) is 0.107. The predicted molar refractivity (Wildman–Crippen MR) is 138 cm³/mol. The van der Waals surface area contributed by atoms with Crippen molar-refractivity contribution in [3.63, 3.8) is 0 Å². The number of aromatic nitrogens is 1. The van der Waals surface area contributed by atoms with E-state index >= 15 is 0 Å². The standard InChI is InChI=1S/C28H23N3O2S/c1-19(21-12-6-3-7-13-21)31-27(33)24(26(32)29-28(31)34)16-22-18-30(17-20-10-4-2-5-11-20)25-15-9-8-14-23(22)25/h2-16,18-19H,17H2,1H3,(H,29,32,34)/b24-16+. The molecule has 1 saturated heterocycles. The van der Waals surface area contributed by atoms with Crippen LogP contribution in [0.25, 0.3) is 17.0 Å². The van der Waals surface area contributed by atoms with Crippen LogP contribution in [0.1, 0.15) is 29.7 Å². The molecular weight excluding hydrogens is 442 g/mol. The van der Waals surface area contributed by atoms with E-state index in [1.165, 1.54) is 10.5 Å². The third-order valence-corrected chi connectivity index (χ3v) is 6.42. The van der Waals surface area contributed by atoms with Gasteiger partial charge in [-0.2, -0.15) is 0 Å². The Morgan fingerprint density at radius 1 is 0.912 bits per heavy atom. The maximum absolute atomic E-state index is 13.5. The highest BCUT2D eigenvalue weighted by Gasteiger charge is 2.36. The van der Waals surface area contributed by atoms with Gasteiger partial charge in [0, 0.05) is 29.2 Å². The lowest BCUT2D eigenvalue weighted by Crippen LogP contribution is -2.54. The van der Waals surface area contributed by atoms with Crippen molar-refractivity contribution in [2.75, 3.05) is 0 Å². The molecule has 0 spiro atoms. The van der Waals surface area contributed by atoms with Gasteiger partial charge in [-0.3, -0.25) is 19.8 Å². The number of nitrogens with one attached hydrogen (secondary N) is 1. The van der Waals surface area contributed by atoms with Gasteiger partial charge in [-0.25, -0.2) is 0 Å². The normalized spacial score (nSPS) is 16.2. The van der Waals surface area contributed by atoms with Gasteiger partial charge in [0.1, 0.15) is 5.57 Å². The molecule has 0 bridgehead atoms. The Balaban J connectivity index is 1.54. The monoisotopic (exact) mass is 465 g/mol. The Bertz CT molecular complexity index is 1420. The zero-order valence-corrected chi connectivity index (χ0v) is 19.5. The SMILES string of the molecule is CC(c1ccccc1)N1C(=O)/C(=C/c2cn(Cc3ccccc3)c3ccccc23)C(=O)NC1=S. The molecule has 2 amide bonds. The minimum absolute atomic E-state index is 0.0685. The highest BCUT2D eigenvalue weighted by molar-refractivity contribution is 7.80. The van der Waals surface area contributed by atoms with Crippen molar-refractivity contribution in [1.82, 2.24) is 14.8 Å². The maximum atomic E-state index is 13.5. The number of amides is 2. The number of fused-ring (bicyclic) bond motifs is 1. The number of nitrogens with zero attached hydrogens (tertiary/aromatic N) is 2. The summed E-state index contributed by atoms with van der Waals surface area (Å²) in [5.74, 6) is -0.878. The number of hydrogen-bond donors (Lipinski definition) is 1. The molecule has 3 aromatic carbocycles. The van der Waals surface area contributed by atoms with Gasteiger partial charge in [-0.05, 0) is 42.4 Å². The number of carbonyl (C=O) groups excluding carboxylic acids is 2. The predicted octanol–water partition coefficient (Wildman–Crippen LogP) is 5.08. The summed E-state index contributed by atoms with van der Waals surface area (Å²) < 4.78 is 2.14. The first-order valence-electron chi connectivity index (χ1n) is 11.1. The van der Waals surface area contributed by atoms with E-state index in [-0.39, 0.29) is 16.7 Å². The number of thiocarbonyl (C=S) groups is 1. The van der Waals surface area contributed by atoms with Crippen molar-refractivity contribution < 1.29 is 9.59 Å². The van der Waals surface area contributed by atoms with Crippen LogP contribution < -0.4 is 5.32 Å². The molecule has 2 heterocycles. The molecule has 4 aromatic rings. The second kappa shape index (κ2) is 9.08. The molecule has 168 valence electrons. The van der Waals surface area contributed by atoms with E-state index in [9.17, 15) is 9.59 Å². The Hall–Kier alpha value is -4.03. The van der Waals surface area contributed by atoms with Gasteiger partial charge in [-0.1, -0.05) is 78.9 Å². The minimum Gasteiger partial charge on any atom is -0.342 e. The van der Waals surface area contributed by atoms with Crippen LogP contribution in [0.2, 0.25) is 0 Å². The number of rotatable bonds is 5. The van der Waals surface area contributed by atoms with Crippen LogP contribution in [0, 0.1) is 0 Å². The van der Waals surface area contributed by atoms with Gasteiger partial charge in [0.2, 0.25) is 0 Å². The van der Waals surface area contributed by atoms with Crippen molar-refractivity contribution in [3.05, 3.63) is 113 Å². The highest BCUT2D eigenvalue weighted by Crippen LogP contribution is 2.28. The van der Waals surface area contributed by atoms with Gasteiger partial charge < -0.3 is 4.57 Å². The molecule has 0 aliphatic carbocycles. The van der Waals surface area contributed by atoms with Gasteiger partial charge in [0.05, 0.1) is 6.04 Å². The molecule has 1 atom stereocenters. The fourth-order valence-electron chi connectivity index (χ4n) is 4.36. The molecule has 1 aromatic heterocycles. The topological polar surface area (TPSA) is 54.3 Å². The van der Waals surface area contributed by atoms with E-state index in [0.717, 1.165) is 22.0 Å². The first-order chi connectivity index (χ1) is 16.5. The van der Waals surface area contributed by atoms with Gasteiger partial charge >= 0.3 is 0 Å². The molecule has 1 fully saturated rings. The second-order valence-corrected chi connectivity index (χ2v) is 8.68. The van der Waals surface area contributed by atoms with E-state index in [4.69, 9.17) is 12.2 Å². The Kier molecular flexibility index (Phi) is 5.82. The largest absolute Gasteiger partial charge is 0.342 e. The van der Waals surface area contributed by atoms with E-state index in [1.807, 2.05) is 85.9 Å². The van der Waals surface area contributed by atoms with Crippen LogP contribution in [0.4, 0.5) is 0 Å². The minimum atomic E-state index is -0.480. The van der Waals surface area contributed by atoms with Crippen molar-refractivity contribution in [3.8, 4) is 0 Å². The average Bonchev–Trinajstić information content (AvgIpc) is 3.20. The van der Waals surface area contributed by atoms with Crippen molar-refractivity contribution in [2.24, 2.45) is 0 Å². The molecule has 5 rings (SSSR count). The van der Waals surface area contributed by atoms with Crippen LogP contribution in [0.5, 0.6) is 0 Å². The molecule has 0 radical (unpaired) electrons. The second-order valence-electron chi connectivity index (χ2n) is 8.29. The van der Waals surface area contributed by atoms with Gasteiger partial charge in [-0.15, -0.1) is 0 Å². The number of hydrogen-bond acceptors (Lipinski definition) is 3. The van der Waals surface area contributed by atoms with E-state index < -0.39 is 11.8 Å². The Morgan fingerprint density at radius 3 is 2.29 bits per heavy atom. The molecule has 6 heteroatoms. The third-order valence-electron chi connectivity index (χ3n) is 6.12. The Labute approximate surface area is 203 Å². The van der Waals surface area contributed by atoms with Crippen molar-refractivity contribution in [2.45, 2.75) is 19.5 Å². The van der Waals surface area contributed by atoms with Crippen LogP contribution in [0.3, 0.4) is 0 Å². The molecule has 1 aliphatic rings. The third kappa shape index (κ3) is 4.04. The van der Waals surface area contributed by atoms with Crippen molar-refractivity contribution >= 4 is 46.1 Å². The zero-order valence-electron chi connectivity index (χ0n) is 18.6. The van der Waals surface area contributed by atoms with Gasteiger partial charge in [0.15, 0.2) is 5.11 Å². The summed E-state index contributed by atoms with van der Waals surface area (Å²) in [7, 11) is 0. The van der Waals surface area contributed by atoms with Crippen LogP contribution >= 0.6 is 12.2 Å². The lowest BCUT2D eigenvalue weighted by atomic mass is 10.0. The maximum Gasteiger partial charge on any atom is 0.266 e. The van der Waals surface area contributed by atoms with E-state index in [0.29, 0.717) is 6.54 Å². The molecule has 5 nitrogen and oxygen atoms in total. The van der Waals surface area contributed by atoms with E-state index in [1.54, 1.807) is 6.08 Å². The summed E-state index contributed by atoms with van der Waals surface area (Å²) in [6.07, 6.45) is 3.66. The highest BCUT2D eigenvalue weighted by atomic mass is 32.1. The van der Waals surface area contributed by atoms with Crippen LogP contribution in [0.15, 0.2) is 96.7 Å². The van der Waals surface area contributed by atoms with Crippen LogP contribution in [-0.2, 0) is 16.1 Å². The average molecular weight is 466 g/mol. The lowest BCUT2D eigenvalue weighted by molar-refractivity contribution is -0.130. The summed E-state index contributed by atoms with van der Waals surface area (Å²) in [5, 5.41) is 3.79. The first kappa shape index (κ1) is 21.8. The molecule has 0 saturated carbocycles. The van der Waals surface area contributed by atoms with Crippen molar-refractivity contribution in [1.29, 1.82) is 0 Å². The van der Waals surface area contributed by atoms with E-state index in [2.05, 4.69) is 22.0 Å².